The van der Waals surface area contributed by atoms with E-state index in [0.717, 1.165) is 0 Å². The van der Waals surface area contributed by atoms with Crippen LogP contribution in [0, 0.1) is 7.43 Å². The molecule has 0 aliphatic heterocycles. The maximum Gasteiger partial charge on any atom is 0.124 e. The first kappa shape index (κ1) is 25.2. The van der Waals surface area contributed by atoms with Gasteiger partial charge in [-0.3, -0.25) is 15.0 Å². The number of aromatic hydroxyl groups is 2. The average molecular weight is 465 g/mol. The Morgan fingerprint density at radius 1 is 0.679 bits per heavy atom. The molecule has 0 atom stereocenters. The molecule has 0 amide bonds. The summed E-state index contributed by atoms with van der Waals surface area (Å²) in [5.74, 6) is 0.433. The van der Waals surface area contributed by atoms with Crippen molar-refractivity contribution in [2.24, 2.45) is 9.98 Å². The van der Waals surface area contributed by atoms with Crippen molar-refractivity contribution in [2.45, 2.75) is 0 Å². The van der Waals surface area contributed by atoms with Crippen LogP contribution in [-0.4, -0.2) is 40.7 Å². The van der Waals surface area contributed by atoms with Crippen molar-refractivity contribution in [3.05, 3.63) is 97.7 Å². The van der Waals surface area contributed by atoms with Crippen LogP contribution in [0.2, 0.25) is 0 Å². The summed E-state index contributed by atoms with van der Waals surface area (Å²) in [6.45, 7) is 1.05. The van der Waals surface area contributed by atoms with Crippen LogP contribution in [0.25, 0.3) is 0 Å². The van der Waals surface area contributed by atoms with Crippen molar-refractivity contribution < 1.29 is 29.7 Å². The van der Waals surface area contributed by atoms with E-state index in [-0.39, 0.29) is 38.4 Å². The number of phenols is 2. The summed E-state index contributed by atoms with van der Waals surface area (Å²) >= 11 is 0. The van der Waals surface area contributed by atoms with Gasteiger partial charge in [-0.2, -0.15) is 0 Å². The van der Waals surface area contributed by atoms with Crippen LogP contribution in [-0.2, 0) is 19.5 Å². The molecule has 0 spiro atoms. The summed E-state index contributed by atoms with van der Waals surface area (Å²) in [7, 11) is 0. The number of para-hydroxylation sites is 2. The molecule has 0 fully saturated rings. The smallest absolute Gasteiger partial charge is 0.124 e. The van der Waals surface area contributed by atoms with Crippen molar-refractivity contribution in [3.8, 4) is 11.5 Å². The molecule has 2 N–H and O–H groups in total. The first-order valence-electron chi connectivity index (χ1n) is 8.18. The van der Waals surface area contributed by atoms with E-state index >= 15 is 0 Å². The average Bonchev–Trinajstić information content (AvgIpc) is 2.69. The summed E-state index contributed by atoms with van der Waals surface area (Å²) in [6.07, 6.45) is 6.76. The molecule has 0 saturated heterocycles. The van der Waals surface area contributed by atoms with Crippen molar-refractivity contribution in [3.63, 3.8) is 0 Å². The molecule has 6 heteroatoms. The molecule has 1 heterocycles. The number of phenolic OH excluding ortho intramolecular Hbond substituents is 2. The zero-order valence-corrected chi connectivity index (χ0v) is 17.3. The Hall–Kier alpha value is -2.85. The SMILES string of the molecule is Oc1ccccc1C=NCCN=Cc1ccccc1O.[CH3-].[Rh].c1ccncc1. The second-order valence-electron chi connectivity index (χ2n) is 5.21. The minimum absolute atomic E-state index is 0. The van der Waals surface area contributed by atoms with Gasteiger partial charge >= 0.3 is 0 Å². The maximum absolute atomic E-state index is 9.54. The van der Waals surface area contributed by atoms with Crippen molar-refractivity contribution in [2.75, 3.05) is 13.1 Å². The Bertz CT molecular complexity index is 758. The molecular formula is C22H24N3O2Rh-. The van der Waals surface area contributed by atoms with Gasteiger partial charge in [0.15, 0.2) is 0 Å². The largest absolute Gasteiger partial charge is 0.507 e. The van der Waals surface area contributed by atoms with Crippen LogP contribution in [0.15, 0.2) is 89.1 Å². The van der Waals surface area contributed by atoms with E-state index in [0.29, 0.717) is 24.2 Å². The monoisotopic (exact) mass is 465 g/mol. The van der Waals surface area contributed by atoms with Crippen LogP contribution in [0.1, 0.15) is 11.1 Å². The Morgan fingerprint density at radius 3 is 1.43 bits per heavy atom. The topological polar surface area (TPSA) is 78.1 Å². The minimum Gasteiger partial charge on any atom is -0.507 e. The van der Waals surface area contributed by atoms with E-state index < -0.39 is 0 Å². The molecule has 28 heavy (non-hydrogen) atoms. The Labute approximate surface area is 179 Å². The quantitative estimate of drug-likeness (QED) is 0.257. The second kappa shape index (κ2) is 15.2. The Morgan fingerprint density at radius 2 is 1.11 bits per heavy atom. The van der Waals surface area contributed by atoms with Crippen LogP contribution < -0.4 is 0 Å². The molecule has 0 unspecified atom stereocenters. The van der Waals surface area contributed by atoms with Gasteiger partial charge in [-0.05, 0) is 36.4 Å². The van der Waals surface area contributed by atoms with Crippen LogP contribution >= 0.6 is 0 Å². The van der Waals surface area contributed by atoms with E-state index in [9.17, 15) is 10.2 Å². The molecule has 0 bridgehead atoms. The van der Waals surface area contributed by atoms with Gasteiger partial charge in [-0.15, -0.1) is 0 Å². The van der Waals surface area contributed by atoms with Crippen LogP contribution in [0.4, 0.5) is 0 Å². The van der Waals surface area contributed by atoms with E-state index in [4.69, 9.17) is 0 Å². The van der Waals surface area contributed by atoms with E-state index in [2.05, 4.69) is 15.0 Å². The number of aliphatic imine (C=N–C) groups is 2. The van der Waals surface area contributed by atoms with Crippen molar-refractivity contribution in [1.29, 1.82) is 0 Å². The minimum atomic E-state index is 0. The summed E-state index contributed by atoms with van der Waals surface area (Å²) in [6, 6.07) is 19.8. The van der Waals surface area contributed by atoms with E-state index in [1.807, 2.05) is 30.3 Å². The third kappa shape index (κ3) is 9.74. The normalized spacial score (nSPS) is 9.86. The zero-order valence-electron chi connectivity index (χ0n) is 15.6. The van der Waals surface area contributed by atoms with Gasteiger partial charge in [-0.1, -0.05) is 30.3 Å². The molecule has 0 aliphatic rings. The summed E-state index contributed by atoms with van der Waals surface area (Å²) in [5.41, 5.74) is 1.38. The molecular weight excluding hydrogens is 441 g/mol. The van der Waals surface area contributed by atoms with Gasteiger partial charge in [0.05, 0.1) is 13.1 Å². The third-order valence-corrected chi connectivity index (χ3v) is 3.26. The molecule has 149 valence electrons. The van der Waals surface area contributed by atoms with Gasteiger partial charge in [0, 0.05) is 55.4 Å². The molecule has 5 nitrogen and oxygen atoms in total. The second-order valence-corrected chi connectivity index (χ2v) is 5.21. The van der Waals surface area contributed by atoms with Crippen molar-refractivity contribution >= 4 is 12.4 Å². The summed E-state index contributed by atoms with van der Waals surface area (Å²) in [5, 5.41) is 19.1. The number of benzene rings is 2. The molecule has 0 saturated carbocycles. The summed E-state index contributed by atoms with van der Waals surface area (Å²) in [4.78, 5) is 12.2. The predicted octanol–water partition coefficient (Wildman–Crippen LogP) is 4.17. The fourth-order valence-corrected chi connectivity index (χ4v) is 1.95. The van der Waals surface area contributed by atoms with Gasteiger partial charge in [0.25, 0.3) is 0 Å². The predicted molar refractivity (Wildman–Crippen MR) is 112 cm³/mol. The first-order chi connectivity index (χ1) is 12.8. The fraction of sp³-hybridized carbons (Fsp3) is 0.0909. The number of hydrogen-bond donors (Lipinski definition) is 2. The molecule has 0 aliphatic carbocycles. The van der Waals surface area contributed by atoms with Gasteiger partial charge < -0.3 is 17.6 Å². The molecule has 1 radical (unpaired) electrons. The molecule has 3 aromatic rings. The third-order valence-electron chi connectivity index (χ3n) is 3.26. The van der Waals surface area contributed by atoms with E-state index in [1.54, 1.807) is 61.2 Å². The maximum atomic E-state index is 9.54. The van der Waals surface area contributed by atoms with Gasteiger partial charge in [0.2, 0.25) is 0 Å². The van der Waals surface area contributed by atoms with Gasteiger partial charge in [0.1, 0.15) is 11.5 Å². The number of hydrogen-bond acceptors (Lipinski definition) is 5. The molecule has 3 rings (SSSR count). The Balaban J connectivity index is 0.000000782. The number of aromatic nitrogens is 1. The first-order valence-corrected chi connectivity index (χ1v) is 8.18. The number of rotatable bonds is 5. The van der Waals surface area contributed by atoms with Crippen LogP contribution in [0.5, 0.6) is 11.5 Å². The summed E-state index contributed by atoms with van der Waals surface area (Å²) < 4.78 is 0. The van der Waals surface area contributed by atoms with Crippen molar-refractivity contribution in [1.82, 2.24) is 4.98 Å². The number of nitrogens with zero attached hydrogens (tertiary/aromatic N) is 3. The number of pyridine rings is 1. The van der Waals surface area contributed by atoms with E-state index in [1.165, 1.54) is 0 Å². The standard InChI is InChI=1S/C16H16N2O2.C5H5N.CH3.Rh/c19-15-7-3-1-5-13(15)11-17-9-10-18-12-14-6-2-4-8-16(14)20;1-2-4-6-5-3-1;;/h1-8,11-12,19-20H,9-10H2;1-5H;1H3;/q;;-1;. The molecule has 2 aromatic carbocycles. The zero-order chi connectivity index (χ0) is 18.5. The van der Waals surface area contributed by atoms with Gasteiger partial charge in [-0.25, -0.2) is 0 Å². The van der Waals surface area contributed by atoms with Crippen LogP contribution in [0.3, 0.4) is 0 Å². The molecule has 1 aromatic heterocycles. The Kier molecular flexibility index (Phi) is 13.7. The fourth-order valence-electron chi connectivity index (χ4n) is 1.95.